The molecular formula is C22H23N3O. The van der Waals surface area contributed by atoms with Gasteiger partial charge in [0.1, 0.15) is 17.4 Å². The first-order chi connectivity index (χ1) is 12.8. The number of fused-ring (bicyclic) bond motifs is 3. The Hall–Kier alpha value is -2.88. The number of hydrogen-bond donors (Lipinski definition) is 0. The Bertz CT molecular complexity index is 1040. The molecule has 3 aromatic rings. The van der Waals surface area contributed by atoms with Gasteiger partial charge in [-0.25, -0.2) is 9.97 Å². The summed E-state index contributed by atoms with van der Waals surface area (Å²) in [6.07, 6.45) is 12.5. The first-order valence-corrected chi connectivity index (χ1v) is 9.20. The molecule has 1 atom stereocenters. The van der Waals surface area contributed by atoms with Crippen LogP contribution in [0.2, 0.25) is 0 Å². The molecule has 0 spiro atoms. The average Bonchev–Trinajstić information content (AvgIpc) is 3.21. The van der Waals surface area contributed by atoms with Gasteiger partial charge in [-0.3, -0.25) is 0 Å². The third-order valence-electron chi connectivity index (χ3n) is 4.92. The number of allylic oxidation sites excluding steroid dienone is 4. The second kappa shape index (κ2) is 6.79. The van der Waals surface area contributed by atoms with E-state index < -0.39 is 0 Å². The van der Waals surface area contributed by atoms with Crippen LogP contribution in [0.25, 0.3) is 22.1 Å². The van der Waals surface area contributed by atoms with Gasteiger partial charge in [0.15, 0.2) is 11.4 Å². The summed E-state index contributed by atoms with van der Waals surface area (Å²) in [6.45, 7) is 6.38. The first kappa shape index (κ1) is 16.6. The van der Waals surface area contributed by atoms with Crippen LogP contribution in [0.3, 0.4) is 0 Å². The molecule has 0 bridgehead atoms. The van der Waals surface area contributed by atoms with Crippen LogP contribution in [-0.2, 0) is 0 Å². The minimum Gasteiger partial charge on any atom is -0.450 e. The monoisotopic (exact) mass is 345 g/mol. The second-order valence-corrected chi connectivity index (χ2v) is 6.53. The maximum atomic E-state index is 6.14. The van der Waals surface area contributed by atoms with Crippen LogP contribution in [0.4, 0.5) is 5.82 Å². The van der Waals surface area contributed by atoms with Gasteiger partial charge in [0.05, 0.1) is 0 Å². The van der Waals surface area contributed by atoms with Crippen molar-refractivity contribution in [3.8, 4) is 0 Å². The van der Waals surface area contributed by atoms with Gasteiger partial charge >= 0.3 is 0 Å². The summed E-state index contributed by atoms with van der Waals surface area (Å²) >= 11 is 0. The molecule has 2 aromatic heterocycles. The predicted octanol–water partition coefficient (Wildman–Crippen LogP) is 5.98. The van der Waals surface area contributed by atoms with E-state index in [-0.39, 0.29) is 0 Å². The van der Waals surface area contributed by atoms with Gasteiger partial charge in [-0.05, 0) is 38.0 Å². The smallest absolute Gasteiger partial charge is 0.196 e. The number of nitrogens with zero attached hydrogens (tertiary/aromatic N) is 3. The van der Waals surface area contributed by atoms with E-state index in [9.17, 15) is 0 Å². The Morgan fingerprint density at radius 1 is 1.19 bits per heavy atom. The zero-order valence-corrected chi connectivity index (χ0v) is 15.4. The van der Waals surface area contributed by atoms with E-state index in [1.165, 1.54) is 11.3 Å². The van der Waals surface area contributed by atoms with E-state index in [1.54, 1.807) is 6.33 Å². The Labute approximate surface area is 153 Å². The molecule has 0 aliphatic carbocycles. The molecule has 4 rings (SSSR count). The number of para-hydroxylation sites is 1. The largest absolute Gasteiger partial charge is 0.450 e. The summed E-state index contributed by atoms with van der Waals surface area (Å²) in [5.74, 6) is 1.19. The van der Waals surface area contributed by atoms with Crippen molar-refractivity contribution in [1.29, 1.82) is 0 Å². The molecule has 0 radical (unpaired) electrons. The molecule has 26 heavy (non-hydrogen) atoms. The zero-order valence-electron chi connectivity index (χ0n) is 15.4. The lowest BCUT2D eigenvalue weighted by Crippen LogP contribution is -2.16. The van der Waals surface area contributed by atoms with Gasteiger partial charge in [0.2, 0.25) is 0 Å². The molecule has 1 aromatic carbocycles. The topological polar surface area (TPSA) is 42.2 Å². The molecule has 0 saturated carbocycles. The summed E-state index contributed by atoms with van der Waals surface area (Å²) in [6, 6.07) is 8.00. The van der Waals surface area contributed by atoms with Crippen molar-refractivity contribution in [2.75, 3.05) is 4.90 Å². The standard InChI is InChI=1S/C22H23N3O/c1-4-9-15-13-25(18(6-3)16(15)10-5-2)22-21-20(23-14-24-22)17-11-7-8-12-19(17)26-21/h4,6-9,11-14,16H,5,10H2,1-3H3/b9-4-,18-6+. The molecule has 132 valence electrons. The first-order valence-electron chi connectivity index (χ1n) is 9.20. The van der Waals surface area contributed by atoms with E-state index in [1.807, 2.05) is 24.3 Å². The Balaban J connectivity index is 1.91. The lowest BCUT2D eigenvalue weighted by atomic mass is 9.93. The van der Waals surface area contributed by atoms with E-state index in [2.05, 4.69) is 60.1 Å². The fourth-order valence-corrected chi connectivity index (χ4v) is 3.81. The van der Waals surface area contributed by atoms with Crippen molar-refractivity contribution < 1.29 is 4.42 Å². The molecule has 0 fully saturated rings. The molecule has 1 unspecified atom stereocenters. The Morgan fingerprint density at radius 3 is 2.81 bits per heavy atom. The van der Waals surface area contributed by atoms with E-state index in [4.69, 9.17) is 4.42 Å². The molecule has 0 amide bonds. The van der Waals surface area contributed by atoms with Crippen molar-refractivity contribution in [2.24, 2.45) is 5.92 Å². The van der Waals surface area contributed by atoms with Gasteiger partial charge in [-0.1, -0.05) is 43.7 Å². The van der Waals surface area contributed by atoms with Gasteiger partial charge in [0.25, 0.3) is 0 Å². The zero-order chi connectivity index (χ0) is 18.1. The molecule has 0 N–H and O–H groups in total. The van der Waals surface area contributed by atoms with Crippen LogP contribution in [0.15, 0.2) is 70.7 Å². The summed E-state index contributed by atoms with van der Waals surface area (Å²) in [7, 11) is 0. The maximum Gasteiger partial charge on any atom is 0.196 e. The third kappa shape index (κ3) is 2.53. The van der Waals surface area contributed by atoms with Gasteiger partial charge in [-0.2, -0.15) is 0 Å². The minimum atomic E-state index is 0.385. The lowest BCUT2D eigenvalue weighted by Gasteiger charge is -2.21. The highest BCUT2D eigenvalue weighted by molar-refractivity contribution is 6.06. The van der Waals surface area contributed by atoms with Gasteiger partial charge < -0.3 is 9.32 Å². The van der Waals surface area contributed by atoms with Crippen molar-refractivity contribution in [2.45, 2.75) is 33.6 Å². The normalized spacial score (nSPS) is 19.3. The number of hydrogen-bond acceptors (Lipinski definition) is 4. The molecule has 4 nitrogen and oxygen atoms in total. The molecular weight excluding hydrogens is 322 g/mol. The van der Waals surface area contributed by atoms with Crippen LogP contribution in [0.5, 0.6) is 0 Å². The molecule has 3 heterocycles. The van der Waals surface area contributed by atoms with Crippen LogP contribution in [0.1, 0.15) is 33.6 Å². The van der Waals surface area contributed by atoms with Crippen molar-refractivity contribution >= 4 is 27.9 Å². The van der Waals surface area contributed by atoms with Crippen LogP contribution in [0, 0.1) is 5.92 Å². The molecule has 1 aliphatic rings. The summed E-state index contributed by atoms with van der Waals surface area (Å²) < 4.78 is 6.14. The van der Waals surface area contributed by atoms with Gasteiger partial charge in [-0.15, -0.1) is 0 Å². The minimum absolute atomic E-state index is 0.385. The molecule has 4 heteroatoms. The lowest BCUT2D eigenvalue weighted by molar-refractivity contribution is 0.642. The summed E-state index contributed by atoms with van der Waals surface area (Å²) in [5.41, 5.74) is 5.00. The molecule has 1 aliphatic heterocycles. The average molecular weight is 345 g/mol. The number of rotatable bonds is 4. The Kier molecular flexibility index (Phi) is 4.33. The SMILES string of the molecule is C/C=C\C1=CN(c2ncnc3c2oc2ccccc23)/C(=C/C)C1CCC. The van der Waals surface area contributed by atoms with Crippen molar-refractivity contribution in [3.63, 3.8) is 0 Å². The number of anilines is 1. The third-order valence-corrected chi connectivity index (χ3v) is 4.92. The van der Waals surface area contributed by atoms with E-state index >= 15 is 0 Å². The van der Waals surface area contributed by atoms with E-state index in [0.717, 1.165) is 40.7 Å². The highest BCUT2D eigenvalue weighted by Gasteiger charge is 2.31. The highest BCUT2D eigenvalue weighted by atomic mass is 16.3. The van der Waals surface area contributed by atoms with Crippen LogP contribution < -0.4 is 4.90 Å². The fourth-order valence-electron chi connectivity index (χ4n) is 3.81. The van der Waals surface area contributed by atoms with Crippen molar-refractivity contribution in [1.82, 2.24) is 9.97 Å². The summed E-state index contributed by atoms with van der Waals surface area (Å²) in [5, 5.41) is 1.02. The quantitative estimate of drug-likeness (QED) is 0.583. The number of benzene rings is 1. The predicted molar refractivity (Wildman–Crippen MR) is 107 cm³/mol. The van der Waals surface area contributed by atoms with Crippen molar-refractivity contribution in [3.05, 3.63) is 66.3 Å². The maximum absolute atomic E-state index is 6.14. The molecule has 0 saturated heterocycles. The highest BCUT2D eigenvalue weighted by Crippen LogP contribution is 2.41. The second-order valence-electron chi connectivity index (χ2n) is 6.53. The number of furan rings is 1. The van der Waals surface area contributed by atoms with Crippen LogP contribution >= 0.6 is 0 Å². The Morgan fingerprint density at radius 2 is 2.04 bits per heavy atom. The summed E-state index contributed by atoms with van der Waals surface area (Å²) in [4.78, 5) is 11.2. The van der Waals surface area contributed by atoms with Gasteiger partial charge in [0, 0.05) is 23.2 Å². The fraction of sp³-hybridized carbons (Fsp3) is 0.273. The number of aromatic nitrogens is 2. The van der Waals surface area contributed by atoms with Crippen LogP contribution in [-0.4, -0.2) is 9.97 Å². The van der Waals surface area contributed by atoms with E-state index in [0.29, 0.717) is 5.92 Å².